The van der Waals surface area contributed by atoms with Gasteiger partial charge in [0.05, 0.1) is 0 Å². The molecule has 1 saturated carbocycles. The third-order valence-electron chi connectivity index (χ3n) is 2.59. The van der Waals surface area contributed by atoms with E-state index in [0.717, 1.165) is 12.3 Å². The molecule has 2 heteroatoms. The monoisotopic (exact) mass is 157 g/mol. The molecule has 0 aromatic rings. The van der Waals surface area contributed by atoms with Crippen LogP contribution in [0.4, 0.5) is 0 Å². The zero-order valence-corrected chi connectivity index (χ0v) is 7.13. The van der Waals surface area contributed by atoms with E-state index in [1.54, 1.807) is 0 Å². The minimum atomic E-state index is 0.339. The van der Waals surface area contributed by atoms with Gasteiger partial charge in [-0.2, -0.15) is 0 Å². The summed E-state index contributed by atoms with van der Waals surface area (Å²) in [7, 11) is 0. The Bertz CT molecular complexity index is 106. The van der Waals surface area contributed by atoms with Crippen molar-refractivity contribution >= 4 is 0 Å². The number of rotatable bonds is 3. The number of hydrogen-bond donors (Lipinski definition) is 2. The van der Waals surface area contributed by atoms with E-state index in [1.165, 1.54) is 32.1 Å². The van der Waals surface area contributed by atoms with E-state index in [2.05, 4.69) is 0 Å². The minimum Gasteiger partial charge on any atom is -0.396 e. The van der Waals surface area contributed by atoms with Crippen molar-refractivity contribution in [2.45, 2.75) is 44.6 Å². The summed E-state index contributed by atoms with van der Waals surface area (Å²) in [5, 5.41) is 8.63. The zero-order valence-electron chi connectivity index (χ0n) is 7.13. The molecule has 11 heavy (non-hydrogen) atoms. The lowest BCUT2D eigenvalue weighted by Crippen LogP contribution is -2.27. The SMILES string of the molecule is NC1CCCC(CCCO)C1. The highest BCUT2D eigenvalue weighted by molar-refractivity contribution is 4.74. The number of nitrogens with two attached hydrogens (primary N) is 1. The van der Waals surface area contributed by atoms with Gasteiger partial charge in [-0.05, 0) is 31.6 Å². The maximum Gasteiger partial charge on any atom is 0.0431 e. The van der Waals surface area contributed by atoms with Gasteiger partial charge >= 0.3 is 0 Å². The Labute approximate surface area is 68.8 Å². The van der Waals surface area contributed by atoms with Crippen LogP contribution < -0.4 is 5.73 Å². The second-order valence-electron chi connectivity index (χ2n) is 3.66. The van der Waals surface area contributed by atoms with E-state index in [4.69, 9.17) is 10.8 Å². The van der Waals surface area contributed by atoms with Crippen molar-refractivity contribution in [2.24, 2.45) is 11.7 Å². The number of hydrogen-bond acceptors (Lipinski definition) is 2. The van der Waals surface area contributed by atoms with Gasteiger partial charge in [-0.15, -0.1) is 0 Å². The third-order valence-corrected chi connectivity index (χ3v) is 2.59. The maximum absolute atomic E-state index is 8.63. The number of aliphatic hydroxyl groups excluding tert-OH is 1. The van der Waals surface area contributed by atoms with Crippen molar-refractivity contribution in [1.82, 2.24) is 0 Å². The lowest BCUT2D eigenvalue weighted by molar-refractivity contribution is 0.245. The molecule has 1 aliphatic carbocycles. The van der Waals surface area contributed by atoms with E-state index in [9.17, 15) is 0 Å². The Morgan fingerprint density at radius 3 is 2.82 bits per heavy atom. The molecule has 0 aromatic heterocycles. The Morgan fingerprint density at radius 2 is 2.18 bits per heavy atom. The Hall–Kier alpha value is -0.0800. The molecule has 0 bridgehead atoms. The highest BCUT2D eigenvalue weighted by Gasteiger charge is 2.18. The van der Waals surface area contributed by atoms with Crippen LogP contribution in [-0.4, -0.2) is 17.8 Å². The standard InChI is InChI=1S/C9H19NO/c10-9-5-1-3-8(7-9)4-2-6-11/h8-9,11H,1-7,10H2. The maximum atomic E-state index is 8.63. The summed E-state index contributed by atoms with van der Waals surface area (Å²) in [6.45, 7) is 0.339. The largest absolute Gasteiger partial charge is 0.396 e. The Morgan fingerprint density at radius 1 is 1.36 bits per heavy atom. The lowest BCUT2D eigenvalue weighted by Gasteiger charge is -2.26. The van der Waals surface area contributed by atoms with E-state index >= 15 is 0 Å². The van der Waals surface area contributed by atoms with Crippen LogP contribution in [0.2, 0.25) is 0 Å². The first-order valence-corrected chi connectivity index (χ1v) is 4.69. The summed E-state index contributed by atoms with van der Waals surface area (Å²) in [5.74, 6) is 0.797. The zero-order chi connectivity index (χ0) is 8.10. The van der Waals surface area contributed by atoms with Crippen molar-refractivity contribution in [3.05, 3.63) is 0 Å². The molecule has 1 rings (SSSR count). The topological polar surface area (TPSA) is 46.2 Å². The molecule has 2 nitrogen and oxygen atoms in total. The number of aliphatic hydroxyl groups is 1. The normalized spacial score (nSPS) is 32.2. The van der Waals surface area contributed by atoms with E-state index in [1.807, 2.05) is 0 Å². The molecule has 3 N–H and O–H groups in total. The van der Waals surface area contributed by atoms with E-state index in [0.29, 0.717) is 12.6 Å². The third kappa shape index (κ3) is 3.21. The lowest BCUT2D eigenvalue weighted by atomic mass is 9.83. The molecule has 0 aliphatic heterocycles. The van der Waals surface area contributed by atoms with Crippen molar-refractivity contribution < 1.29 is 5.11 Å². The van der Waals surface area contributed by atoms with Crippen LogP contribution in [0, 0.1) is 5.92 Å². The second kappa shape index (κ2) is 4.73. The summed E-state index contributed by atoms with van der Waals surface area (Å²) in [6.07, 6.45) is 7.13. The van der Waals surface area contributed by atoms with Crippen LogP contribution in [0.15, 0.2) is 0 Å². The molecule has 0 aromatic carbocycles. The van der Waals surface area contributed by atoms with Gasteiger partial charge in [0.15, 0.2) is 0 Å². The molecule has 66 valence electrons. The molecule has 0 amide bonds. The molecule has 1 fully saturated rings. The molecule has 2 atom stereocenters. The summed E-state index contributed by atoms with van der Waals surface area (Å²) in [5.41, 5.74) is 5.83. The quantitative estimate of drug-likeness (QED) is 0.648. The summed E-state index contributed by atoms with van der Waals surface area (Å²) in [4.78, 5) is 0. The first-order valence-electron chi connectivity index (χ1n) is 4.69. The molecule has 2 unspecified atom stereocenters. The van der Waals surface area contributed by atoms with Gasteiger partial charge in [0.2, 0.25) is 0 Å². The molecule has 0 heterocycles. The fourth-order valence-corrected chi connectivity index (χ4v) is 1.97. The van der Waals surface area contributed by atoms with E-state index in [-0.39, 0.29) is 0 Å². The van der Waals surface area contributed by atoms with Crippen LogP contribution in [0.25, 0.3) is 0 Å². The van der Waals surface area contributed by atoms with Crippen LogP contribution in [0.3, 0.4) is 0 Å². The van der Waals surface area contributed by atoms with Crippen LogP contribution >= 0.6 is 0 Å². The van der Waals surface area contributed by atoms with Crippen LogP contribution in [0.5, 0.6) is 0 Å². The van der Waals surface area contributed by atoms with Gasteiger partial charge in [0.25, 0.3) is 0 Å². The smallest absolute Gasteiger partial charge is 0.0431 e. The van der Waals surface area contributed by atoms with Crippen molar-refractivity contribution in [3.8, 4) is 0 Å². The van der Waals surface area contributed by atoms with Crippen LogP contribution in [0.1, 0.15) is 38.5 Å². The fraction of sp³-hybridized carbons (Fsp3) is 1.00. The summed E-state index contributed by atoms with van der Waals surface area (Å²) in [6, 6.07) is 0.437. The summed E-state index contributed by atoms with van der Waals surface area (Å²) < 4.78 is 0. The van der Waals surface area contributed by atoms with Crippen LogP contribution in [-0.2, 0) is 0 Å². The highest BCUT2D eigenvalue weighted by atomic mass is 16.2. The van der Waals surface area contributed by atoms with Crippen molar-refractivity contribution in [3.63, 3.8) is 0 Å². The predicted molar refractivity (Wildman–Crippen MR) is 46.3 cm³/mol. The Balaban J connectivity index is 2.12. The summed E-state index contributed by atoms with van der Waals surface area (Å²) >= 11 is 0. The highest BCUT2D eigenvalue weighted by Crippen LogP contribution is 2.26. The van der Waals surface area contributed by atoms with Gasteiger partial charge in [0, 0.05) is 12.6 Å². The molecular formula is C9H19NO. The minimum absolute atomic E-state index is 0.339. The first-order chi connectivity index (χ1) is 5.33. The van der Waals surface area contributed by atoms with Gasteiger partial charge in [-0.25, -0.2) is 0 Å². The van der Waals surface area contributed by atoms with E-state index < -0.39 is 0 Å². The molecule has 1 aliphatic rings. The predicted octanol–water partition coefficient (Wildman–Crippen LogP) is 1.28. The fourth-order valence-electron chi connectivity index (χ4n) is 1.97. The van der Waals surface area contributed by atoms with Crippen molar-refractivity contribution in [1.29, 1.82) is 0 Å². The van der Waals surface area contributed by atoms with Gasteiger partial charge in [-0.3, -0.25) is 0 Å². The average Bonchev–Trinajstić information content (AvgIpc) is 2.01. The average molecular weight is 157 g/mol. The van der Waals surface area contributed by atoms with Gasteiger partial charge < -0.3 is 10.8 Å². The second-order valence-corrected chi connectivity index (χ2v) is 3.66. The first kappa shape index (κ1) is 9.01. The van der Waals surface area contributed by atoms with Gasteiger partial charge in [0.1, 0.15) is 0 Å². The molecular weight excluding hydrogens is 138 g/mol. The van der Waals surface area contributed by atoms with Crippen molar-refractivity contribution in [2.75, 3.05) is 6.61 Å². The molecule has 0 radical (unpaired) electrons. The molecule has 0 saturated heterocycles. The molecule has 0 spiro atoms. The van der Waals surface area contributed by atoms with Gasteiger partial charge in [-0.1, -0.05) is 12.8 Å². The Kier molecular flexibility index (Phi) is 3.87.